The van der Waals surface area contributed by atoms with Crippen LogP contribution in [0.2, 0.25) is 5.02 Å². The van der Waals surface area contributed by atoms with E-state index in [1.807, 2.05) is 0 Å². The van der Waals surface area contributed by atoms with Crippen molar-refractivity contribution in [2.75, 3.05) is 7.11 Å². The number of aromatic hydroxyl groups is 1. The van der Waals surface area contributed by atoms with E-state index in [4.69, 9.17) is 16.3 Å². The van der Waals surface area contributed by atoms with Gasteiger partial charge in [0.2, 0.25) is 0 Å². The van der Waals surface area contributed by atoms with Crippen LogP contribution in [-0.4, -0.2) is 12.2 Å². The molecule has 0 aliphatic carbocycles. The lowest BCUT2D eigenvalue weighted by Crippen LogP contribution is -2.14. The highest BCUT2D eigenvalue weighted by Gasteiger charge is 2.10. The highest BCUT2D eigenvalue weighted by molar-refractivity contribution is 6.30. The van der Waals surface area contributed by atoms with Gasteiger partial charge in [0.25, 0.3) is 0 Å². The lowest BCUT2D eigenvalue weighted by molar-refractivity contribution is 0.369. The second-order valence-corrected chi connectivity index (χ2v) is 4.89. The molecule has 2 N–H and O–H groups in total. The topological polar surface area (TPSA) is 41.5 Å². The van der Waals surface area contributed by atoms with Crippen LogP contribution in [0.3, 0.4) is 0 Å². The Kier molecular flexibility index (Phi) is 4.98. The minimum Gasteiger partial charge on any atom is -0.504 e. The van der Waals surface area contributed by atoms with Gasteiger partial charge in [0, 0.05) is 41.4 Å². The van der Waals surface area contributed by atoms with Crippen LogP contribution >= 0.6 is 11.6 Å². The van der Waals surface area contributed by atoms with Crippen LogP contribution in [0.1, 0.15) is 11.1 Å². The molecule has 2 aromatic rings. The van der Waals surface area contributed by atoms with Gasteiger partial charge in [0.1, 0.15) is 11.6 Å². The third-order valence-corrected chi connectivity index (χ3v) is 3.20. The van der Waals surface area contributed by atoms with Gasteiger partial charge in [0.15, 0.2) is 11.5 Å². The molecule has 3 nitrogen and oxygen atoms in total. The molecule has 21 heavy (non-hydrogen) atoms. The van der Waals surface area contributed by atoms with E-state index in [0.717, 1.165) is 6.07 Å². The standard InChI is InChI=1S/C15H14ClF2NO2/c1-21-14-5-11(16)4-10(15(14)20)8-19-7-9-2-3-12(17)6-13(9)18/h2-6,19-20H,7-8H2,1H3. The van der Waals surface area contributed by atoms with Crippen molar-refractivity contribution in [3.63, 3.8) is 0 Å². The van der Waals surface area contributed by atoms with Crippen LogP contribution < -0.4 is 10.1 Å². The fourth-order valence-electron chi connectivity index (χ4n) is 1.92. The molecule has 0 heterocycles. The Balaban J connectivity index is 2.05. The minimum absolute atomic E-state index is 0.0195. The average Bonchev–Trinajstić information content (AvgIpc) is 2.44. The van der Waals surface area contributed by atoms with Gasteiger partial charge in [-0.05, 0) is 12.1 Å². The van der Waals surface area contributed by atoms with Crippen molar-refractivity contribution in [1.82, 2.24) is 5.32 Å². The molecule has 0 saturated carbocycles. The third-order valence-electron chi connectivity index (χ3n) is 2.98. The second-order valence-electron chi connectivity index (χ2n) is 4.46. The van der Waals surface area contributed by atoms with Crippen LogP contribution in [0.15, 0.2) is 30.3 Å². The fourth-order valence-corrected chi connectivity index (χ4v) is 2.15. The Hall–Kier alpha value is -1.85. The van der Waals surface area contributed by atoms with Crippen molar-refractivity contribution < 1.29 is 18.6 Å². The zero-order chi connectivity index (χ0) is 15.4. The van der Waals surface area contributed by atoms with Gasteiger partial charge in [0.05, 0.1) is 7.11 Å². The first-order valence-electron chi connectivity index (χ1n) is 6.21. The average molecular weight is 314 g/mol. The maximum atomic E-state index is 13.5. The summed E-state index contributed by atoms with van der Waals surface area (Å²) in [4.78, 5) is 0. The number of phenols is 1. The molecule has 2 rings (SSSR count). The first-order chi connectivity index (χ1) is 10.0. The molecule has 0 saturated heterocycles. The number of rotatable bonds is 5. The zero-order valence-electron chi connectivity index (χ0n) is 11.3. The first kappa shape index (κ1) is 15.5. The maximum absolute atomic E-state index is 13.5. The van der Waals surface area contributed by atoms with Crippen LogP contribution in [-0.2, 0) is 13.1 Å². The third kappa shape index (κ3) is 3.83. The summed E-state index contributed by atoms with van der Waals surface area (Å²) in [6.07, 6.45) is 0. The normalized spacial score (nSPS) is 10.7. The van der Waals surface area contributed by atoms with E-state index in [2.05, 4.69) is 5.32 Å². The van der Waals surface area contributed by atoms with E-state index in [-0.39, 0.29) is 24.6 Å². The summed E-state index contributed by atoms with van der Waals surface area (Å²) < 4.78 is 31.3. The smallest absolute Gasteiger partial charge is 0.162 e. The molecule has 0 amide bonds. The number of benzene rings is 2. The Morgan fingerprint density at radius 1 is 1.14 bits per heavy atom. The molecular weight excluding hydrogens is 300 g/mol. The van der Waals surface area contributed by atoms with Crippen molar-refractivity contribution in [1.29, 1.82) is 0 Å². The van der Waals surface area contributed by atoms with E-state index >= 15 is 0 Å². The summed E-state index contributed by atoms with van der Waals surface area (Å²) in [5.74, 6) is -0.981. The number of methoxy groups -OCH3 is 1. The Bertz CT molecular complexity index is 650. The molecule has 0 aliphatic rings. The molecular formula is C15H14ClF2NO2. The van der Waals surface area contributed by atoms with Gasteiger partial charge in [-0.25, -0.2) is 8.78 Å². The minimum atomic E-state index is -0.617. The lowest BCUT2D eigenvalue weighted by Gasteiger charge is -2.11. The predicted octanol–water partition coefficient (Wildman–Crippen LogP) is 3.62. The molecule has 2 aromatic carbocycles. The SMILES string of the molecule is COc1cc(Cl)cc(CNCc2ccc(F)cc2F)c1O. The van der Waals surface area contributed by atoms with E-state index < -0.39 is 11.6 Å². The Morgan fingerprint density at radius 2 is 1.86 bits per heavy atom. The fraction of sp³-hybridized carbons (Fsp3) is 0.200. The van der Waals surface area contributed by atoms with Crippen LogP contribution in [0.25, 0.3) is 0 Å². The highest BCUT2D eigenvalue weighted by atomic mass is 35.5. The maximum Gasteiger partial charge on any atom is 0.162 e. The lowest BCUT2D eigenvalue weighted by atomic mass is 10.1. The molecule has 0 atom stereocenters. The molecule has 6 heteroatoms. The molecule has 0 radical (unpaired) electrons. The van der Waals surface area contributed by atoms with Gasteiger partial charge in [-0.1, -0.05) is 17.7 Å². The van der Waals surface area contributed by atoms with Crippen molar-refractivity contribution >= 4 is 11.6 Å². The molecule has 112 valence electrons. The molecule has 0 aromatic heterocycles. The number of hydrogen-bond donors (Lipinski definition) is 2. The van der Waals surface area contributed by atoms with Gasteiger partial charge in [-0.3, -0.25) is 0 Å². The molecule has 0 fully saturated rings. The summed E-state index contributed by atoms with van der Waals surface area (Å²) in [7, 11) is 1.43. The molecule has 0 unspecified atom stereocenters. The van der Waals surface area contributed by atoms with E-state index in [9.17, 15) is 13.9 Å². The molecule has 0 bridgehead atoms. The summed E-state index contributed by atoms with van der Waals surface area (Å²) >= 11 is 5.92. The van der Waals surface area contributed by atoms with Crippen molar-refractivity contribution in [2.45, 2.75) is 13.1 Å². The van der Waals surface area contributed by atoms with Crippen molar-refractivity contribution in [3.05, 3.63) is 58.1 Å². The van der Waals surface area contributed by atoms with Crippen molar-refractivity contribution in [2.24, 2.45) is 0 Å². The van der Waals surface area contributed by atoms with E-state index in [0.29, 0.717) is 16.1 Å². The summed E-state index contributed by atoms with van der Waals surface area (Å²) in [6, 6.07) is 6.49. The quantitative estimate of drug-likeness (QED) is 0.886. The number of ether oxygens (including phenoxy) is 1. The van der Waals surface area contributed by atoms with E-state index in [1.54, 1.807) is 6.07 Å². The van der Waals surface area contributed by atoms with Crippen molar-refractivity contribution in [3.8, 4) is 11.5 Å². The second kappa shape index (κ2) is 6.74. The monoisotopic (exact) mass is 313 g/mol. The van der Waals surface area contributed by atoms with Gasteiger partial charge < -0.3 is 15.2 Å². The number of nitrogens with one attached hydrogen (secondary N) is 1. The van der Waals surface area contributed by atoms with Crippen LogP contribution in [0.5, 0.6) is 11.5 Å². The zero-order valence-corrected chi connectivity index (χ0v) is 12.0. The summed E-state index contributed by atoms with van der Waals surface area (Å²) in [5, 5.41) is 13.3. The van der Waals surface area contributed by atoms with Crippen LogP contribution in [0.4, 0.5) is 8.78 Å². The summed E-state index contributed by atoms with van der Waals surface area (Å²) in [5.41, 5.74) is 0.867. The van der Waals surface area contributed by atoms with Gasteiger partial charge in [-0.2, -0.15) is 0 Å². The first-order valence-corrected chi connectivity index (χ1v) is 6.59. The molecule has 0 aliphatic heterocycles. The number of halogens is 3. The number of hydrogen-bond acceptors (Lipinski definition) is 3. The Morgan fingerprint density at radius 3 is 2.52 bits per heavy atom. The highest BCUT2D eigenvalue weighted by Crippen LogP contribution is 2.33. The van der Waals surface area contributed by atoms with E-state index in [1.165, 1.54) is 25.3 Å². The Labute approximate surface area is 126 Å². The van der Waals surface area contributed by atoms with Gasteiger partial charge >= 0.3 is 0 Å². The van der Waals surface area contributed by atoms with Crippen LogP contribution in [0, 0.1) is 11.6 Å². The van der Waals surface area contributed by atoms with Gasteiger partial charge in [-0.15, -0.1) is 0 Å². The molecule has 0 spiro atoms. The largest absolute Gasteiger partial charge is 0.504 e. The summed E-state index contributed by atoms with van der Waals surface area (Å²) in [6.45, 7) is 0.458. The number of phenolic OH excluding ortho intramolecular Hbond substituents is 1. The predicted molar refractivity (Wildman–Crippen MR) is 76.6 cm³/mol.